The van der Waals surface area contributed by atoms with Gasteiger partial charge in [-0.2, -0.15) is 0 Å². The molecule has 1 unspecified atom stereocenters. The summed E-state index contributed by atoms with van der Waals surface area (Å²) in [7, 11) is 0. The van der Waals surface area contributed by atoms with E-state index >= 15 is 0 Å². The maximum atomic E-state index is 4.47. The molecule has 16 heavy (non-hydrogen) atoms. The molecule has 0 aliphatic carbocycles. The quantitative estimate of drug-likeness (QED) is 0.729. The van der Waals surface area contributed by atoms with Crippen molar-refractivity contribution in [3.63, 3.8) is 0 Å². The van der Waals surface area contributed by atoms with Gasteiger partial charge in [0, 0.05) is 10.9 Å². The van der Waals surface area contributed by atoms with Crippen LogP contribution in [0, 0.1) is 13.8 Å². The van der Waals surface area contributed by atoms with Crippen LogP contribution in [0.5, 0.6) is 0 Å². The first-order valence-corrected chi connectivity index (χ1v) is 7.14. The van der Waals surface area contributed by atoms with Crippen molar-refractivity contribution in [2.45, 2.75) is 59.4 Å². The molecule has 1 N–H and O–H groups in total. The van der Waals surface area contributed by atoms with E-state index in [1.54, 1.807) is 0 Å². The van der Waals surface area contributed by atoms with Crippen molar-refractivity contribution < 1.29 is 0 Å². The Labute approximate surface area is 103 Å². The average molecular weight is 240 g/mol. The number of aryl methyl sites for hydroxylation is 2. The minimum atomic E-state index is 0.452. The van der Waals surface area contributed by atoms with Crippen LogP contribution in [0.15, 0.2) is 0 Å². The second kappa shape index (κ2) is 7.02. The molecule has 1 atom stereocenters. The molecule has 0 spiro atoms. The van der Waals surface area contributed by atoms with Gasteiger partial charge in [-0.15, -0.1) is 11.3 Å². The van der Waals surface area contributed by atoms with E-state index in [0.717, 1.165) is 6.54 Å². The lowest BCUT2D eigenvalue weighted by Gasteiger charge is -2.12. The zero-order valence-electron chi connectivity index (χ0n) is 11.0. The van der Waals surface area contributed by atoms with Crippen molar-refractivity contribution in [3.8, 4) is 0 Å². The summed E-state index contributed by atoms with van der Waals surface area (Å²) in [5.74, 6) is 0. The summed E-state index contributed by atoms with van der Waals surface area (Å²) in [5, 5.41) is 4.76. The van der Waals surface area contributed by atoms with Crippen LogP contribution in [0.4, 0.5) is 0 Å². The topological polar surface area (TPSA) is 24.9 Å². The summed E-state index contributed by atoms with van der Waals surface area (Å²) in [5.41, 5.74) is 1.19. The Morgan fingerprint density at radius 2 is 2.00 bits per heavy atom. The van der Waals surface area contributed by atoms with Gasteiger partial charge in [-0.25, -0.2) is 4.98 Å². The molecule has 0 aliphatic rings. The number of rotatable bonds is 7. The molecule has 92 valence electrons. The fraction of sp³-hybridized carbons (Fsp3) is 0.769. The van der Waals surface area contributed by atoms with E-state index in [1.165, 1.54) is 41.3 Å². The fourth-order valence-corrected chi connectivity index (χ4v) is 2.87. The van der Waals surface area contributed by atoms with E-state index < -0.39 is 0 Å². The number of nitrogens with one attached hydrogen (secondary N) is 1. The molecular formula is C13H24N2S. The monoisotopic (exact) mass is 240 g/mol. The van der Waals surface area contributed by atoms with Crippen LogP contribution in [0.3, 0.4) is 0 Å². The van der Waals surface area contributed by atoms with Gasteiger partial charge in [0.25, 0.3) is 0 Å². The third-order valence-corrected chi connectivity index (χ3v) is 4.07. The van der Waals surface area contributed by atoms with Gasteiger partial charge in [0.15, 0.2) is 0 Å². The molecule has 3 heteroatoms. The molecule has 1 rings (SSSR count). The zero-order valence-corrected chi connectivity index (χ0v) is 11.8. The predicted octanol–water partition coefficient (Wildman–Crippen LogP) is 3.99. The second-order valence-electron chi connectivity index (χ2n) is 4.42. The van der Waals surface area contributed by atoms with Crippen molar-refractivity contribution in [1.29, 1.82) is 0 Å². The third-order valence-electron chi connectivity index (χ3n) is 2.81. The smallest absolute Gasteiger partial charge is 0.0900 e. The average Bonchev–Trinajstić information content (AvgIpc) is 2.57. The van der Waals surface area contributed by atoms with Crippen molar-refractivity contribution in [2.75, 3.05) is 6.54 Å². The van der Waals surface area contributed by atoms with Gasteiger partial charge in [-0.3, -0.25) is 0 Å². The lowest BCUT2D eigenvalue weighted by molar-refractivity contribution is 0.540. The highest BCUT2D eigenvalue weighted by Gasteiger charge is 2.11. The van der Waals surface area contributed by atoms with E-state index in [2.05, 4.69) is 38.0 Å². The highest BCUT2D eigenvalue weighted by atomic mass is 32.1. The van der Waals surface area contributed by atoms with Crippen LogP contribution in [0.25, 0.3) is 0 Å². The first-order valence-electron chi connectivity index (χ1n) is 6.32. The Hall–Kier alpha value is -0.410. The van der Waals surface area contributed by atoms with Crippen LogP contribution in [0.1, 0.15) is 61.2 Å². The molecular weight excluding hydrogens is 216 g/mol. The summed E-state index contributed by atoms with van der Waals surface area (Å²) in [6, 6.07) is 0.452. The Morgan fingerprint density at radius 1 is 1.25 bits per heavy atom. The van der Waals surface area contributed by atoms with Gasteiger partial charge >= 0.3 is 0 Å². The fourth-order valence-electron chi connectivity index (χ4n) is 1.91. The van der Waals surface area contributed by atoms with E-state index in [0.29, 0.717) is 6.04 Å². The Bertz CT molecular complexity index is 307. The number of nitrogens with zero attached hydrogens (tertiary/aromatic N) is 1. The van der Waals surface area contributed by atoms with Crippen molar-refractivity contribution in [1.82, 2.24) is 10.3 Å². The molecule has 0 aliphatic heterocycles. The molecule has 0 saturated carbocycles. The molecule has 1 aromatic heterocycles. The van der Waals surface area contributed by atoms with Gasteiger partial charge in [0.05, 0.1) is 10.7 Å². The number of unbranched alkanes of at least 4 members (excludes halogenated alkanes) is 3. The van der Waals surface area contributed by atoms with Crippen molar-refractivity contribution in [2.24, 2.45) is 0 Å². The summed E-state index contributed by atoms with van der Waals surface area (Å²) in [6.07, 6.45) is 5.30. The normalized spacial score (nSPS) is 13.0. The van der Waals surface area contributed by atoms with Crippen molar-refractivity contribution >= 4 is 11.3 Å². The molecule has 0 saturated heterocycles. The largest absolute Gasteiger partial charge is 0.309 e. The summed E-state index contributed by atoms with van der Waals surface area (Å²) >= 11 is 1.82. The van der Waals surface area contributed by atoms with Crippen LogP contribution in [0.2, 0.25) is 0 Å². The molecule has 2 nitrogen and oxygen atoms in total. The van der Waals surface area contributed by atoms with Crippen LogP contribution in [-0.4, -0.2) is 11.5 Å². The van der Waals surface area contributed by atoms with Gasteiger partial charge in [-0.1, -0.05) is 26.2 Å². The lowest BCUT2D eigenvalue weighted by atomic mass is 10.2. The highest BCUT2D eigenvalue weighted by molar-refractivity contribution is 7.11. The van der Waals surface area contributed by atoms with E-state index in [1.807, 2.05) is 11.3 Å². The summed E-state index contributed by atoms with van der Waals surface area (Å²) < 4.78 is 0. The first kappa shape index (κ1) is 13.7. The van der Waals surface area contributed by atoms with Gasteiger partial charge in [0.1, 0.15) is 0 Å². The summed E-state index contributed by atoms with van der Waals surface area (Å²) in [4.78, 5) is 5.86. The van der Waals surface area contributed by atoms with E-state index in [4.69, 9.17) is 0 Å². The Balaban J connectivity index is 2.29. The SMILES string of the molecule is CCCCCCNC(C)c1sc(C)nc1C. The van der Waals surface area contributed by atoms with Crippen LogP contribution >= 0.6 is 11.3 Å². The third kappa shape index (κ3) is 4.22. The van der Waals surface area contributed by atoms with Crippen molar-refractivity contribution in [3.05, 3.63) is 15.6 Å². The van der Waals surface area contributed by atoms with Crippen LogP contribution < -0.4 is 5.32 Å². The predicted molar refractivity (Wildman–Crippen MR) is 72.1 cm³/mol. The molecule has 0 radical (unpaired) electrons. The Morgan fingerprint density at radius 3 is 2.56 bits per heavy atom. The number of aromatic nitrogens is 1. The zero-order chi connectivity index (χ0) is 12.0. The highest BCUT2D eigenvalue weighted by Crippen LogP contribution is 2.24. The maximum absolute atomic E-state index is 4.47. The second-order valence-corrected chi connectivity index (χ2v) is 5.65. The van der Waals surface area contributed by atoms with E-state index in [9.17, 15) is 0 Å². The lowest BCUT2D eigenvalue weighted by Crippen LogP contribution is -2.19. The molecule has 0 bridgehead atoms. The van der Waals surface area contributed by atoms with Gasteiger partial charge in [0.2, 0.25) is 0 Å². The molecule has 1 aromatic rings. The summed E-state index contributed by atoms with van der Waals surface area (Å²) in [6.45, 7) is 9.79. The molecule has 1 heterocycles. The minimum absolute atomic E-state index is 0.452. The van der Waals surface area contributed by atoms with Crippen LogP contribution in [-0.2, 0) is 0 Å². The van der Waals surface area contributed by atoms with E-state index in [-0.39, 0.29) is 0 Å². The standard InChI is InChI=1S/C13H24N2S/c1-5-6-7-8-9-14-10(2)13-11(3)15-12(4)16-13/h10,14H,5-9H2,1-4H3. The molecule has 0 fully saturated rings. The number of hydrogen-bond acceptors (Lipinski definition) is 3. The van der Waals surface area contributed by atoms with Gasteiger partial charge in [-0.05, 0) is 33.7 Å². The minimum Gasteiger partial charge on any atom is -0.309 e. The maximum Gasteiger partial charge on any atom is 0.0900 e. The first-order chi connectivity index (χ1) is 7.65. The molecule has 0 amide bonds. The Kier molecular flexibility index (Phi) is 5.99. The molecule has 0 aromatic carbocycles. The number of hydrogen-bond donors (Lipinski definition) is 1. The number of thiazole rings is 1. The van der Waals surface area contributed by atoms with Gasteiger partial charge < -0.3 is 5.32 Å².